The number of benzene rings is 2. The zero-order chi connectivity index (χ0) is 20.3. The third kappa shape index (κ3) is 3.69. The Hall–Kier alpha value is -3.51. The number of piperazine rings is 1. The van der Waals surface area contributed by atoms with Crippen LogP contribution < -0.4 is 0 Å². The molecule has 6 heteroatoms. The molecule has 0 bridgehead atoms. The van der Waals surface area contributed by atoms with E-state index in [0.29, 0.717) is 24.4 Å². The Bertz CT molecular complexity index is 1150. The van der Waals surface area contributed by atoms with E-state index in [-0.39, 0.29) is 5.91 Å². The summed E-state index contributed by atoms with van der Waals surface area (Å²) in [5, 5.41) is 5.01. The number of aromatic nitrogens is 2. The Morgan fingerprint density at radius 2 is 1.80 bits per heavy atom. The number of carbonyl (C=O) groups excluding carboxylic acids is 1. The zero-order valence-corrected chi connectivity index (χ0v) is 16.6. The predicted molar refractivity (Wildman–Crippen MR) is 115 cm³/mol. The van der Waals surface area contributed by atoms with E-state index in [0.717, 1.165) is 36.1 Å². The molecule has 1 saturated heterocycles. The summed E-state index contributed by atoms with van der Waals surface area (Å²) in [6, 6.07) is 19.5. The van der Waals surface area contributed by atoms with E-state index in [1.54, 1.807) is 6.20 Å². The van der Waals surface area contributed by atoms with Crippen LogP contribution in [-0.4, -0.2) is 52.0 Å². The Labute approximate surface area is 174 Å². The van der Waals surface area contributed by atoms with Gasteiger partial charge in [0, 0.05) is 56.2 Å². The summed E-state index contributed by atoms with van der Waals surface area (Å²) >= 11 is 0. The van der Waals surface area contributed by atoms with Crippen LogP contribution in [-0.2, 0) is 6.54 Å². The molecule has 1 amide bonds. The van der Waals surface area contributed by atoms with Crippen LogP contribution >= 0.6 is 0 Å². The van der Waals surface area contributed by atoms with Crippen LogP contribution in [0.1, 0.15) is 15.9 Å². The van der Waals surface area contributed by atoms with E-state index in [9.17, 15) is 4.79 Å². The van der Waals surface area contributed by atoms with Gasteiger partial charge in [-0.3, -0.25) is 14.7 Å². The molecule has 0 unspecified atom stereocenters. The number of hydrogen-bond donors (Lipinski definition) is 0. The molecule has 6 nitrogen and oxygen atoms in total. The summed E-state index contributed by atoms with van der Waals surface area (Å²) in [4.78, 5) is 21.6. The number of nitrogens with zero attached hydrogens (tertiary/aromatic N) is 4. The molecule has 1 fully saturated rings. The van der Waals surface area contributed by atoms with Gasteiger partial charge < -0.3 is 9.42 Å². The van der Waals surface area contributed by atoms with Gasteiger partial charge in [0.1, 0.15) is 5.52 Å². The summed E-state index contributed by atoms with van der Waals surface area (Å²) < 4.78 is 5.57. The maximum Gasteiger partial charge on any atom is 0.253 e. The molecule has 0 radical (unpaired) electrons. The first-order valence-corrected chi connectivity index (χ1v) is 10.1. The summed E-state index contributed by atoms with van der Waals surface area (Å²) in [6.07, 6.45) is 3.69. The molecule has 0 N–H and O–H groups in total. The van der Waals surface area contributed by atoms with Crippen molar-refractivity contribution in [2.45, 2.75) is 6.54 Å². The van der Waals surface area contributed by atoms with Gasteiger partial charge in [-0.25, -0.2) is 0 Å². The monoisotopic (exact) mass is 398 g/mol. The molecule has 4 aromatic rings. The molecule has 2 aromatic carbocycles. The average molecular weight is 398 g/mol. The van der Waals surface area contributed by atoms with Gasteiger partial charge >= 0.3 is 0 Å². The first-order valence-electron chi connectivity index (χ1n) is 10.1. The molecule has 2 aromatic heterocycles. The number of rotatable bonds is 4. The number of hydrogen-bond acceptors (Lipinski definition) is 5. The van der Waals surface area contributed by atoms with Crippen LogP contribution in [0, 0.1) is 0 Å². The molecular weight excluding hydrogens is 376 g/mol. The van der Waals surface area contributed by atoms with Crippen LogP contribution in [0.5, 0.6) is 0 Å². The van der Waals surface area contributed by atoms with Crippen molar-refractivity contribution in [3.63, 3.8) is 0 Å². The molecular formula is C24H22N4O2. The van der Waals surface area contributed by atoms with E-state index in [4.69, 9.17) is 4.52 Å². The predicted octanol–water partition coefficient (Wildman–Crippen LogP) is 3.85. The van der Waals surface area contributed by atoms with Crippen LogP contribution in [0.4, 0.5) is 0 Å². The SMILES string of the molecule is O=C(c1ccc2noc(-c3ccccc3)c2c1)N1CCN(Cc2cccnc2)CC1. The van der Waals surface area contributed by atoms with Crippen molar-refractivity contribution in [3.05, 3.63) is 84.2 Å². The Morgan fingerprint density at radius 1 is 0.967 bits per heavy atom. The van der Waals surface area contributed by atoms with Gasteiger partial charge in [-0.2, -0.15) is 0 Å². The van der Waals surface area contributed by atoms with E-state index in [2.05, 4.69) is 21.1 Å². The zero-order valence-electron chi connectivity index (χ0n) is 16.6. The molecule has 150 valence electrons. The fraction of sp³-hybridized carbons (Fsp3) is 0.208. The van der Waals surface area contributed by atoms with Crippen LogP contribution in [0.15, 0.2) is 77.6 Å². The van der Waals surface area contributed by atoms with E-state index in [1.165, 1.54) is 5.56 Å². The Kier molecular flexibility index (Phi) is 4.99. The fourth-order valence-electron chi connectivity index (χ4n) is 3.91. The molecule has 3 heterocycles. The largest absolute Gasteiger partial charge is 0.355 e. The highest BCUT2D eigenvalue weighted by atomic mass is 16.5. The Morgan fingerprint density at radius 3 is 2.57 bits per heavy atom. The number of amides is 1. The smallest absolute Gasteiger partial charge is 0.253 e. The standard InChI is InChI=1S/C24H22N4O2/c29-24(28-13-11-27(12-14-28)17-18-5-4-10-25-16-18)20-8-9-22-21(15-20)23(30-26-22)19-6-2-1-3-7-19/h1-10,15-16H,11-14,17H2. The van der Waals surface area contributed by atoms with Crippen molar-refractivity contribution in [3.8, 4) is 11.3 Å². The highest BCUT2D eigenvalue weighted by Crippen LogP contribution is 2.29. The topological polar surface area (TPSA) is 62.5 Å². The minimum absolute atomic E-state index is 0.0538. The van der Waals surface area contributed by atoms with Crippen molar-refractivity contribution in [2.75, 3.05) is 26.2 Å². The van der Waals surface area contributed by atoms with Gasteiger partial charge in [0.05, 0.1) is 5.39 Å². The maximum atomic E-state index is 13.1. The van der Waals surface area contributed by atoms with Crippen molar-refractivity contribution in [1.29, 1.82) is 0 Å². The minimum atomic E-state index is 0.0538. The highest BCUT2D eigenvalue weighted by Gasteiger charge is 2.23. The maximum absolute atomic E-state index is 13.1. The van der Waals surface area contributed by atoms with Gasteiger partial charge in [0.15, 0.2) is 5.76 Å². The normalized spacial score (nSPS) is 14.9. The van der Waals surface area contributed by atoms with Crippen molar-refractivity contribution in [2.24, 2.45) is 0 Å². The summed E-state index contributed by atoms with van der Waals surface area (Å²) in [5.41, 5.74) is 3.58. The van der Waals surface area contributed by atoms with Crippen molar-refractivity contribution < 1.29 is 9.32 Å². The first kappa shape index (κ1) is 18.5. The summed E-state index contributed by atoms with van der Waals surface area (Å²) in [6.45, 7) is 4.00. The summed E-state index contributed by atoms with van der Waals surface area (Å²) in [7, 11) is 0. The quantitative estimate of drug-likeness (QED) is 0.523. The van der Waals surface area contributed by atoms with Crippen LogP contribution in [0.25, 0.3) is 22.2 Å². The number of pyridine rings is 1. The van der Waals surface area contributed by atoms with Crippen LogP contribution in [0.3, 0.4) is 0 Å². The molecule has 0 aliphatic carbocycles. The van der Waals surface area contributed by atoms with E-state index < -0.39 is 0 Å². The van der Waals surface area contributed by atoms with E-state index in [1.807, 2.05) is 65.7 Å². The highest BCUT2D eigenvalue weighted by molar-refractivity contribution is 6.01. The van der Waals surface area contributed by atoms with Crippen LogP contribution in [0.2, 0.25) is 0 Å². The minimum Gasteiger partial charge on any atom is -0.355 e. The van der Waals surface area contributed by atoms with Gasteiger partial charge in [-0.05, 0) is 29.8 Å². The third-order valence-corrected chi connectivity index (χ3v) is 5.55. The summed E-state index contributed by atoms with van der Waals surface area (Å²) in [5.74, 6) is 0.750. The fourth-order valence-corrected chi connectivity index (χ4v) is 3.91. The number of carbonyl (C=O) groups is 1. The number of fused-ring (bicyclic) bond motifs is 1. The van der Waals surface area contributed by atoms with E-state index >= 15 is 0 Å². The molecule has 1 aliphatic rings. The molecule has 0 atom stereocenters. The lowest BCUT2D eigenvalue weighted by molar-refractivity contribution is 0.0628. The second-order valence-corrected chi connectivity index (χ2v) is 7.54. The second kappa shape index (κ2) is 8.08. The second-order valence-electron chi connectivity index (χ2n) is 7.54. The van der Waals surface area contributed by atoms with Gasteiger partial charge in [-0.15, -0.1) is 0 Å². The van der Waals surface area contributed by atoms with Gasteiger partial charge in [-0.1, -0.05) is 41.6 Å². The molecule has 5 rings (SSSR count). The average Bonchev–Trinajstić information content (AvgIpc) is 3.24. The lowest BCUT2D eigenvalue weighted by atomic mass is 10.1. The Balaban J connectivity index is 1.31. The molecule has 0 spiro atoms. The van der Waals surface area contributed by atoms with Gasteiger partial charge in [0.2, 0.25) is 0 Å². The van der Waals surface area contributed by atoms with Gasteiger partial charge in [0.25, 0.3) is 5.91 Å². The first-order chi connectivity index (χ1) is 14.8. The van der Waals surface area contributed by atoms with Crippen molar-refractivity contribution in [1.82, 2.24) is 19.9 Å². The molecule has 0 saturated carbocycles. The lowest BCUT2D eigenvalue weighted by Crippen LogP contribution is -2.48. The van der Waals surface area contributed by atoms with Crippen molar-refractivity contribution >= 4 is 16.8 Å². The molecule has 30 heavy (non-hydrogen) atoms. The molecule has 1 aliphatic heterocycles. The third-order valence-electron chi connectivity index (χ3n) is 5.55. The lowest BCUT2D eigenvalue weighted by Gasteiger charge is -2.34.